The molecule has 0 atom stereocenters. The van der Waals surface area contributed by atoms with Gasteiger partial charge in [0.15, 0.2) is 0 Å². The van der Waals surface area contributed by atoms with Crippen molar-refractivity contribution in [2.75, 3.05) is 26.2 Å². The van der Waals surface area contributed by atoms with E-state index in [0.29, 0.717) is 0 Å². The highest BCUT2D eigenvalue weighted by Crippen LogP contribution is 2.14. The summed E-state index contributed by atoms with van der Waals surface area (Å²) in [4.78, 5) is 5.00. The third kappa shape index (κ3) is 4.65. The molecule has 1 saturated heterocycles. The molecule has 0 radical (unpaired) electrons. The predicted molar refractivity (Wildman–Crippen MR) is 95.9 cm³/mol. The number of benzene rings is 2. The fourth-order valence-corrected chi connectivity index (χ4v) is 3.16. The minimum absolute atomic E-state index is 0.730. The van der Waals surface area contributed by atoms with Crippen LogP contribution >= 0.6 is 15.9 Å². The summed E-state index contributed by atoms with van der Waals surface area (Å²) in [5.74, 6) is 0. The zero-order chi connectivity index (χ0) is 16.1. The van der Waals surface area contributed by atoms with Gasteiger partial charge in [-0.3, -0.25) is 9.80 Å². The summed E-state index contributed by atoms with van der Waals surface area (Å²) in [6.07, 6.45) is 0. The molecule has 23 heavy (non-hydrogen) atoms. The van der Waals surface area contributed by atoms with Gasteiger partial charge in [-0.2, -0.15) is 5.26 Å². The monoisotopic (exact) mass is 369 g/mol. The van der Waals surface area contributed by atoms with Crippen molar-refractivity contribution in [1.29, 1.82) is 5.26 Å². The quantitative estimate of drug-likeness (QED) is 0.823. The molecule has 0 spiro atoms. The van der Waals surface area contributed by atoms with Gasteiger partial charge in [0.2, 0.25) is 0 Å². The Morgan fingerprint density at radius 1 is 0.783 bits per heavy atom. The Kier molecular flexibility index (Phi) is 5.45. The molecule has 3 nitrogen and oxygen atoms in total. The van der Waals surface area contributed by atoms with Crippen molar-refractivity contribution >= 4 is 15.9 Å². The second-order valence-corrected chi connectivity index (χ2v) is 6.90. The standard InChI is InChI=1S/C19H20BrN3/c20-19-7-5-18(6-8-19)15-23-11-9-22(10-12-23)14-17-3-1-16(13-21)2-4-17/h1-8H,9-12,14-15H2. The van der Waals surface area contributed by atoms with E-state index in [9.17, 15) is 0 Å². The second-order valence-electron chi connectivity index (χ2n) is 5.99. The van der Waals surface area contributed by atoms with E-state index in [1.54, 1.807) is 0 Å². The number of nitrogens with zero attached hydrogens (tertiary/aromatic N) is 3. The van der Waals surface area contributed by atoms with E-state index in [0.717, 1.165) is 49.3 Å². The number of halogens is 1. The van der Waals surface area contributed by atoms with Crippen LogP contribution in [0.3, 0.4) is 0 Å². The summed E-state index contributed by atoms with van der Waals surface area (Å²) in [5.41, 5.74) is 3.38. The van der Waals surface area contributed by atoms with Crippen LogP contribution in [0.25, 0.3) is 0 Å². The Bertz CT molecular complexity index is 665. The van der Waals surface area contributed by atoms with Crippen LogP contribution in [0.2, 0.25) is 0 Å². The van der Waals surface area contributed by atoms with Crippen LogP contribution in [-0.2, 0) is 13.1 Å². The van der Waals surface area contributed by atoms with Gasteiger partial charge in [0.1, 0.15) is 0 Å². The number of hydrogen-bond acceptors (Lipinski definition) is 3. The van der Waals surface area contributed by atoms with E-state index in [4.69, 9.17) is 5.26 Å². The van der Waals surface area contributed by atoms with Gasteiger partial charge in [-0.25, -0.2) is 0 Å². The largest absolute Gasteiger partial charge is 0.297 e. The van der Waals surface area contributed by atoms with E-state index in [2.05, 4.69) is 68.2 Å². The lowest BCUT2D eigenvalue weighted by atomic mass is 10.1. The number of rotatable bonds is 4. The molecule has 0 aromatic heterocycles. The first-order valence-electron chi connectivity index (χ1n) is 7.91. The smallest absolute Gasteiger partial charge is 0.0991 e. The Hall–Kier alpha value is -1.67. The molecular formula is C19H20BrN3. The molecule has 2 aromatic rings. The van der Waals surface area contributed by atoms with Crippen molar-refractivity contribution in [2.45, 2.75) is 13.1 Å². The van der Waals surface area contributed by atoms with Crippen molar-refractivity contribution in [3.63, 3.8) is 0 Å². The van der Waals surface area contributed by atoms with Crippen molar-refractivity contribution in [3.05, 3.63) is 69.7 Å². The highest BCUT2D eigenvalue weighted by Gasteiger charge is 2.17. The van der Waals surface area contributed by atoms with Crippen molar-refractivity contribution in [3.8, 4) is 6.07 Å². The molecule has 1 aliphatic rings. The van der Waals surface area contributed by atoms with Crippen LogP contribution in [0.5, 0.6) is 0 Å². The Morgan fingerprint density at radius 2 is 1.22 bits per heavy atom. The topological polar surface area (TPSA) is 30.3 Å². The molecule has 0 unspecified atom stereocenters. The minimum Gasteiger partial charge on any atom is -0.297 e. The maximum atomic E-state index is 8.85. The van der Waals surface area contributed by atoms with E-state index in [1.165, 1.54) is 11.1 Å². The Labute approximate surface area is 146 Å². The van der Waals surface area contributed by atoms with Crippen molar-refractivity contribution in [1.82, 2.24) is 9.80 Å². The van der Waals surface area contributed by atoms with Gasteiger partial charge >= 0.3 is 0 Å². The first-order chi connectivity index (χ1) is 11.2. The van der Waals surface area contributed by atoms with E-state index >= 15 is 0 Å². The summed E-state index contributed by atoms with van der Waals surface area (Å²) < 4.78 is 1.13. The van der Waals surface area contributed by atoms with Gasteiger partial charge in [-0.05, 0) is 35.4 Å². The summed E-state index contributed by atoms with van der Waals surface area (Å²) in [5, 5.41) is 8.85. The van der Waals surface area contributed by atoms with Crippen LogP contribution in [0.15, 0.2) is 53.0 Å². The van der Waals surface area contributed by atoms with Crippen LogP contribution in [0, 0.1) is 11.3 Å². The molecule has 0 saturated carbocycles. The molecular weight excluding hydrogens is 350 g/mol. The van der Waals surface area contributed by atoms with Crippen LogP contribution in [0.4, 0.5) is 0 Å². The molecule has 1 fully saturated rings. The van der Waals surface area contributed by atoms with Crippen molar-refractivity contribution in [2.24, 2.45) is 0 Å². The highest BCUT2D eigenvalue weighted by atomic mass is 79.9. The lowest BCUT2D eigenvalue weighted by molar-refractivity contribution is 0.122. The Balaban J connectivity index is 1.48. The molecule has 0 aliphatic carbocycles. The van der Waals surface area contributed by atoms with E-state index < -0.39 is 0 Å². The number of nitriles is 1. The molecule has 3 rings (SSSR count). The molecule has 1 heterocycles. The van der Waals surface area contributed by atoms with Crippen LogP contribution < -0.4 is 0 Å². The van der Waals surface area contributed by atoms with Gasteiger partial charge < -0.3 is 0 Å². The number of piperazine rings is 1. The normalized spacial score (nSPS) is 16.2. The first kappa shape index (κ1) is 16.2. The lowest BCUT2D eigenvalue weighted by Crippen LogP contribution is -2.45. The van der Waals surface area contributed by atoms with Gasteiger partial charge in [-0.1, -0.05) is 40.2 Å². The average molecular weight is 370 g/mol. The number of hydrogen-bond donors (Lipinski definition) is 0. The summed E-state index contributed by atoms with van der Waals surface area (Å²) in [6.45, 7) is 6.39. The third-order valence-corrected chi connectivity index (χ3v) is 4.80. The fraction of sp³-hybridized carbons (Fsp3) is 0.316. The van der Waals surface area contributed by atoms with Crippen molar-refractivity contribution < 1.29 is 0 Å². The molecule has 0 amide bonds. The Morgan fingerprint density at radius 3 is 1.65 bits per heavy atom. The van der Waals surface area contributed by atoms with Gasteiger partial charge in [0.25, 0.3) is 0 Å². The third-order valence-electron chi connectivity index (χ3n) is 4.27. The van der Waals surface area contributed by atoms with E-state index in [-0.39, 0.29) is 0 Å². The predicted octanol–water partition coefficient (Wildman–Crippen LogP) is 3.64. The molecule has 0 N–H and O–H groups in total. The average Bonchev–Trinajstić information content (AvgIpc) is 2.59. The molecule has 118 valence electrons. The van der Waals surface area contributed by atoms with E-state index in [1.807, 2.05) is 12.1 Å². The molecule has 2 aromatic carbocycles. The summed E-state index contributed by atoms with van der Waals surface area (Å²) in [7, 11) is 0. The van der Waals surface area contributed by atoms with Crippen LogP contribution in [-0.4, -0.2) is 36.0 Å². The second kappa shape index (κ2) is 7.74. The highest BCUT2D eigenvalue weighted by molar-refractivity contribution is 9.10. The maximum Gasteiger partial charge on any atom is 0.0991 e. The zero-order valence-electron chi connectivity index (χ0n) is 13.1. The maximum absolute atomic E-state index is 8.85. The molecule has 1 aliphatic heterocycles. The fourth-order valence-electron chi connectivity index (χ4n) is 2.90. The van der Waals surface area contributed by atoms with Gasteiger partial charge in [0.05, 0.1) is 11.6 Å². The van der Waals surface area contributed by atoms with Crippen LogP contribution in [0.1, 0.15) is 16.7 Å². The van der Waals surface area contributed by atoms with Gasteiger partial charge in [-0.15, -0.1) is 0 Å². The summed E-state index contributed by atoms with van der Waals surface area (Å²) >= 11 is 3.48. The van der Waals surface area contributed by atoms with Gasteiger partial charge in [0, 0.05) is 43.7 Å². The lowest BCUT2D eigenvalue weighted by Gasteiger charge is -2.34. The first-order valence-corrected chi connectivity index (χ1v) is 8.70. The zero-order valence-corrected chi connectivity index (χ0v) is 14.7. The molecule has 4 heteroatoms. The molecule has 0 bridgehead atoms. The minimum atomic E-state index is 0.730. The summed E-state index contributed by atoms with van der Waals surface area (Å²) in [6, 6.07) is 18.7. The SMILES string of the molecule is N#Cc1ccc(CN2CCN(Cc3ccc(Br)cc3)CC2)cc1.